The van der Waals surface area contributed by atoms with Crippen molar-refractivity contribution >= 4 is 14.9 Å². The lowest BCUT2D eigenvalue weighted by Gasteiger charge is -2.02. The van der Waals surface area contributed by atoms with Crippen LogP contribution in [0.3, 0.4) is 0 Å². The molecule has 2 N–H and O–H groups in total. The molecule has 0 aromatic heterocycles. The van der Waals surface area contributed by atoms with Crippen LogP contribution in [0.4, 0.5) is 0 Å². The summed E-state index contributed by atoms with van der Waals surface area (Å²) in [4.78, 5) is 19.6. The van der Waals surface area contributed by atoms with Gasteiger partial charge in [0, 0.05) is 6.54 Å². The minimum absolute atomic E-state index is 0.141. The molecule has 0 aromatic rings. The smallest absolute Gasteiger partial charge is 0.243 e. The molecular weight excluding hydrogens is 158 g/mol. The quantitative estimate of drug-likeness (QED) is 0.350. The van der Waals surface area contributed by atoms with Gasteiger partial charge >= 0.3 is 0 Å². The zero-order chi connectivity index (χ0) is 8.69. The normalized spacial score (nSPS) is 12.2. The standard InChI is InChI=1S/C7H15NO2Si/c1-3-7(9)8-5-4-6-11(2)10/h3,10-11H,1,4-6H2,2H3,(H,8,9). The lowest BCUT2D eigenvalue weighted by Crippen LogP contribution is -2.22. The van der Waals surface area contributed by atoms with Gasteiger partial charge in [-0.3, -0.25) is 4.79 Å². The largest absolute Gasteiger partial charge is 0.435 e. The molecule has 0 aliphatic carbocycles. The van der Waals surface area contributed by atoms with E-state index in [2.05, 4.69) is 11.9 Å². The second-order valence-corrected chi connectivity index (χ2v) is 4.76. The van der Waals surface area contributed by atoms with E-state index < -0.39 is 9.04 Å². The van der Waals surface area contributed by atoms with Crippen LogP contribution in [-0.4, -0.2) is 26.3 Å². The summed E-state index contributed by atoms with van der Waals surface area (Å²) in [6, 6.07) is 0.859. The minimum atomic E-state index is -1.42. The average Bonchev–Trinajstić information content (AvgIpc) is 1.97. The fourth-order valence-electron chi connectivity index (χ4n) is 0.681. The number of carbonyl (C=O) groups is 1. The highest BCUT2D eigenvalue weighted by Gasteiger charge is 1.98. The molecule has 0 saturated heterocycles. The van der Waals surface area contributed by atoms with Crippen LogP contribution < -0.4 is 5.32 Å². The van der Waals surface area contributed by atoms with Crippen molar-refractivity contribution in [3.63, 3.8) is 0 Å². The monoisotopic (exact) mass is 173 g/mol. The van der Waals surface area contributed by atoms with E-state index in [0.717, 1.165) is 12.5 Å². The predicted molar refractivity (Wildman–Crippen MR) is 47.9 cm³/mol. The first-order valence-electron chi connectivity index (χ1n) is 3.75. The van der Waals surface area contributed by atoms with E-state index in [1.165, 1.54) is 6.08 Å². The maximum atomic E-state index is 10.6. The van der Waals surface area contributed by atoms with Gasteiger partial charge < -0.3 is 10.1 Å². The Balaban J connectivity index is 3.14. The van der Waals surface area contributed by atoms with Gasteiger partial charge in [0.05, 0.1) is 0 Å². The van der Waals surface area contributed by atoms with Crippen LogP contribution in [0, 0.1) is 0 Å². The van der Waals surface area contributed by atoms with E-state index in [-0.39, 0.29) is 5.91 Å². The second-order valence-electron chi connectivity index (χ2n) is 2.49. The van der Waals surface area contributed by atoms with Crippen LogP contribution in [-0.2, 0) is 4.79 Å². The van der Waals surface area contributed by atoms with Crippen molar-refractivity contribution in [2.75, 3.05) is 6.54 Å². The first kappa shape index (κ1) is 10.4. The molecule has 11 heavy (non-hydrogen) atoms. The Bertz CT molecular complexity index is 136. The first-order valence-corrected chi connectivity index (χ1v) is 6.24. The van der Waals surface area contributed by atoms with Crippen LogP contribution in [0.5, 0.6) is 0 Å². The van der Waals surface area contributed by atoms with Crippen molar-refractivity contribution < 1.29 is 9.59 Å². The number of nitrogens with one attached hydrogen (secondary N) is 1. The third kappa shape index (κ3) is 7.28. The molecule has 1 unspecified atom stereocenters. The van der Waals surface area contributed by atoms with E-state index in [4.69, 9.17) is 4.80 Å². The fraction of sp³-hybridized carbons (Fsp3) is 0.571. The van der Waals surface area contributed by atoms with E-state index in [1.807, 2.05) is 6.55 Å². The Morgan fingerprint density at radius 3 is 2.91 bits per heavy atom. The zero-order valence-electron chi connectivity index (χ0n) is 6.84. The number of hydrogen-bond acceptors (Lipinski definition) is 2. The molecule has 0 aliphatic heterocycles. The van der Waals surface area contributed by atoms with Crippen molar-refractivity contribution in [3.8, 4) is 0 Å². The molecule has 1 amide bonds. The van der Waals surface area contributed by atoms with Gasteiger partial charge in [0.25, 0.3) is 0 Å². The summed E-state index contributed by atoms with van der Waals surface area (Å²) in [5.74, 6) is -0.141. The molecule has 0 radical (unpaired) electrons. The van der Waals surface area contributed by atoms with E-state index >= 15 is 0 Å². The maximum Gasteiger partial charge on any atom is 0.243 e. The number of amides is 1. The highest BCUT2D eigenvalue weighted by molar-refractivity contribution is 6.48. The molecule has 0 rings (SSSR count). The Hall–Kier alpha value is -0.613. The summed E-state index contributed by atoms with van der Waals surface area (Å²) in [6.45, 7) is 5.83. The van der Waals surface area contributed by atoms with Gasteiger partial charge in [-0.25, -0.2) is 0 Å². The van der Waals surface area contributed by atoms with Crippen molar-refractivity contribution in [3.05, 3.63) is 12.7 Å². The van der Waals surface area contributed by atoms with Gasteiger partial charge in [-0.15, -0.1) is 0 Å². The maximum absolute atomic E-state index is 10.6. The summed E-state index contributed by atoms with van der Waals surface area (Å²) < 4.78 is 0. The molecule has 0 aromatic carbocycles. The lowest BCUT2D eigenvalue weighted by molar-refractivity contribution is -0.116. The molecule has 1 atom stereocenters. The summed E-state index contributed by atoms with van der Waals surface area (Å²) in [5.41, 5.74) is 0. The van der Waals surface area contributed by atoms with E-state index in [1.54, 1.807) is 0 Å². The summed E-state index contributed by atoms with van der Waals surface area (Å²) in [5, 5.41) is 2.64. The SMILES string of the molecule is C=CC(=O)NCCC[SiH](C)O. The summed E-state index contributed by atoms with van der Waals surface area (Å²) in [6.07, 6.45) is 2.11. The number of hydrogen-bond donors (Lipinski definition) is 2. The molecule has 3 nitrogen and oxygen atoms in total. The second kappa shape index (κ2) is 6.12. The Morgan fingerprint density at radius 2 is 2.45 bits per heavy atom. The fourth-order valence-corrected chi connectivity index (χ4v) is 1.48. The Morgan fingerprint density at radius 1 is 1.82 bits per heavy atom. The van der Waals surface area contributed by atoms with Crippen molar-refractivity contribution in [1.82, 2.24) is 5.32 Å². The first-order chi connectivity index (χ1) is 5.16. The van der Waals surface area contributed by atoms with Gasteiger partial charge in [0.2, 0.25) is 5.91 Å². The topological polar surface area (TPSA) is 49.3 Å². The molecular formula is C7H15NO2Si. The number of rotatable bonds is 5. The number of carbonyl (C=O) groups excluding carboxylic acids is 1. The van der Waals surface area contributed by atoms with Gasteiger partial charge in [-0.05, 0) is 25.1 Å². The average molecular weight is 173 g/mol. The van der Waals surface area contributed by atoms with Crippen LogP contribution in [0.25, 0.3) is 0 Å². The third-order valence-electron chi connectivity index (χ3n) is 1.28. The van der Waals surface area contributed by atoms with E-state index in [9.17, 15) is 4.79 Å². The molecule has 4 heteroatoms. The zero-order valence-corrected chi connectivity index (χ0v) is 7.99. The van der Waals surface area contributed by atoms with Crippen LogP contribution in [0.15, 0.2) is 12.7 Å². The Kier molecular flexibility index (Phi) is 5.78. The predicted octanol–water partition coefficient (Wildman–Crippen LogP) is 0.0246. The van der Waals surface area contributed by atoms with Crippen molar-refractivity contribution in [2.45, 2.75) is 19.0 Å². The van der Waals surface area contributed by atoms with Crippen molar-refractivity contribution in [1.29, 1.82) is 0 Å². The lowest BCUT2D eigenvalue weighted by atomic mass is 10.4. The summed E-state index contributed by atoms with van der Waals surface area (Å²) in [7, 11) is -1.42. The van der Waals surface area contributed by atoms with Crippen LogP contribution in [0.1, 0.15) is 6.42 Å². The van der Waals surface area contributed by atoms with Gasteiger partial charge in [0.15, 0.2) is 9.04 Å². The van der Waals surface area contributed by atoms with E-state index in [0.29, 0.717) is 6.54 Å². The molecule has 0 aliphatic rings. The van der Waals surface area contributed by atoms with Gasteiger partial charge in [-0.2, -0.15) is 0 Å². The molecule has 0 spiro atoms. The molecule has 0 saturated carbocycles. The molecule has 0 fully saturated rings. The van der Waals surface area contributed by atoms with Crippen molar-refractivity contribution in [2.24, 2.45) is 0 Å². The van der Waals surface area contributed by atoms with Crippen LogP contribution >= 0.6 is 0 Å². The highest BCUT2D eigenvalue weighted by atomic mass is 28.3. The molecule has 64 valence electrons. The minimum Gasteiger partial charge on any atom is -0.435 e. The molecule has 0 heterocycles. The van der Waals surface area contributed by atoms with Crippen LogP contribution in [0.2, 0.25) is 12.6 Å². The van der Waals surface area contributed by atoms with Gasteiger partial charge in [0.1, 0.15) is 0 Å². The third-order valence-corrected chi connectivity index (χ3v) is 2.53. The Labute approximate surface area is 68.8 Å². The highest BCUT2D eigenvalue weighted by Crippen LogP contribution is 1.91. The van der Waals surface area contributed by atoms with Gasteiger partial charge in [-0.1, -0.05) is 6.58 Å². The summed E-state index contributed by atoms with van der Waals surface area (Å²) >= 11 is 0. The molecule has 0 bridgehead atoms.